The number of carboxylic acids is 1. The molecule has 0 amide bonds. The molecule has 0 fully saturated rings. The van der Waals surface area contributed by atoms with Gasteiger partial charge in [0, 0.05) is 0 Å². The van der Waals surface area contributed by atoms with E-state index >= 15 is 0 Å². The molecule has 0 spiro atoms. The van der Waals surface area contributed by atoms with Gasteiger partial charge in [-0.1, -0.05) is 31.5 Å². The molecule has 140 valence electrons. The lowest BCUT2D eigenvalue weighted by Gasteiger charge is -2.16. The van der Waals surface area contributed by atoms with Crippen LogP contribution in [0.15, 0.2) is 42.5 Å². The highest BCUT2D eigenvalue weighted by atomic mass is 16.5. The van der Waals surface area contributed by atoms with Crippen molar-refractivity contribution in [1.29, 1.82) is 0 Å². The number of hydrogen-bond acceptors (Lipinski definition) is 4. The summed E-state index contributed by atoms with van der Waals surface area (Å²) in [6.45, 7) is 2.78. The summed E-state index contributed by atoms with van der Waals surface area (Å²) in [5, 5.41) is 9.72. The summed E-state index contributed by atoms with van der Waals surface area (Å²) in [6.07, 6.45) is 2.43. The first-order valence-corrected chi connectivity index (χ1v) is 8.75. The molecule has 1 unspecified atom stereocenters. The number of unbranched alkanes of at least 4 members (excludes halogenated alkanes) is 1. The molecule has 2 aromatic rings. The van der Waals surface area contributed by atoms with Crippen molar-refractivity contribution in [1.82, 2.24) is 0 Å². The van der Waals surface area contributed by atoms with Gasteiger partial charge >= 0.3 is 5.97 Å². The molecule has 0 aromatic heterocycles. The van der Waals surface area contributed by atoms with Crippen LogP contribution in [0.1, 0.15) is 36.8 Å². The van der Waals surface area contributed by atoms with Crippen LogP contribution in [0.3, 0.4) is 0 Å². The summed E-state index contributed by atoms with van der Waals surface area (Å²) in [4.78, 5) is 11.9. The van der Waals surface area contributed by atoms with Crippen LogP contribution in [0.25, 0.3) is 0 Å². The zero-order valence-electron chi connectivity index (χ0n) is 15.5. The molecule has 2 rings (SSSR count). The van der Waals surface area contributed by atoms with Crippen molar-refractivity contribution in [3.05, 3.63) is 53.6 Å². The quantitative estimate of drug-likeness (QED) is 0.642. The molecule has 2 aromatic carbocycles. The summed E-state index contributed by atoms with van der Waals surface area (Å²) in [7, 11) is 3.09. The van der Waals surface area contributed by atoms with Crippen molar-refractivity contribution in [2.75, 3.05) is 20.8 Å². The third-order valence-corrected chi connectivity index (χ3v) is 4.21. The number of benzene rings is 2. The van der Waals surface area contributed by atoms with Crippen LogP contribution < -0.4 is 14.2 Å². The van der Waals surface area contributed by atoms with E-state index in [1.54, 1.807) is 25.3 Å². The Morgan fingerprint density at radius 1 is 1.08 bits per heavy atom. The summed E-state index contributed by atoms with van der Waals surface area (Å²) < 4.78 is 16.2. The predicted molar refractivity (Wildman–Crippen MR) is 100 cm³/mol. The van der Waals surface area contributed by atoms with Crippen LogP contribution in [0.4, 0.5) is 0 Å². The van der Waals surface area contributed by atoms with Gasteiger partial charge in [-0.15, -0.1) is 0 Å². The highest BCUT2D eigenvalue weighted by Gasteiger charge is 2.22. The van der Waals surface area contributed by atoms with E-state index in [1.165, 1.54) is 7.11 Å². The molecule has 0 aliphatic carbocycles. The lowest BCUT2D eigenvalue weighted by molar-refractivity contribution is -0.138. The first-order chi connectivity index (χ1) is 12.6. The van der Waals surface area contributed by atoms with Gasteiger partial charge in [-0.25, -0.2) is 0 Å². The highest BCUT2D eigenvalue weighted by Crippen LogP contribution is 2.32. The standard InChI is InChI=1S/C21H26O5/c1-4-5-11-26-17-8-6-7-15(12-17)13-18(21(22)23)16-9-10-19(24-2)20(14-16)25-3/h6-10,12,14,18H,4-5,11,13H2,1-3H3,(H,22,23). The topological polar surface area (TPSA) is 65.0 Å². The van der Waals surface area contributed by atoms with Gasteiger partial charge in [0.25, 0.3) is 0 Å². The summed E-state index contributed by atoms with van der Waals surface area (Å²) in [5.41, 5.74) is 1.59. The van der Waals surface area contributed by atoms with Gasteiger partial charge in [0.2, 0.25) is 0 Å². The Labute approximate surface area is 154 Å². The minimum atomic E-state index is -0.880. The van der Waals surface area contributed by atoms with E-state index in [-0.39, 0.29) is 0 Å². The first kappa shape index (κ1) is 19.6. The van der Waals surface area contributed by atoms with E-state index in [4.69, 9.17) is 14.2 Å². The van der Waals surface area contributed by atoms with Crippen LogP contribution in [0.2, 0.25) is 0 Å². The number of rotatable bonds is 10. The van der Waals surface area contributed by atoms with Crippen LogP contribution in [-0.4, -0.2) is 31.9 Å². The van der Waals surface area contributed by atoms with Crippen molar-refractivity contribution in [2.45, 2.75) is 32.1 Å². The zero-order chi connectivity index (χ0) is 18.9. The summed E-state index contributed by atoms with van der Waals surface area (Å²) in [6, 6.07) is 12.8. The molecule has 0 aliphatic heterocycles. The Kier molecular flexibility index (Phi) is 7.33. The van der Waals surface area contributed by atoms with Crippen molar-refractivity contribution < 1.29 is 24.1 Å². The summed E-state index contributed by atoms with van der Waals surface area (Å²) in [5.74, 6) is 0.308. The van der Waals surface area contributed by atoms with E-state index in [0.717, 1.165) is 24.2 Å². The maximum atomic E-state index is 11.9. The van der Waals surface area contributed by atoms with Gasteiger partial charge in [-0.2, -0.15) is 0 Å². The molecular weight excluding hydrogens is 332 g/mol. The van der Waals surface area contributed by atoms with Gasteiger partial charge in [0.15, 0.2) is 11.5 Å². The van der Waals surface area contributed by atoms with Crippen molar-refractivity contribution in [3.63, 3.8) is 0 Å². The fraction of sp³-hybridized carbons (Fsp3) is 0.381. The Bertz CT molecular complexity index is 726. The van der Waals surface area contributed by atoms with Crippen molar-refractivity contribution >= 4 is 5.97 Å². The Morgan fingerprint density at radius 3 is 2.50 bits per heavy atom. The number of ether oxygens (including phenoxy) is 3. The lowest BCUT2D eigenvalue weighted by Crippen LogP contribution is -2.14. The molecule has 26 heavy (non-hydrogen) atoms. The monoisotopic (exact) mass is 358 g/mol. The Morgan fingerprint density at radius 2 is 1.85 bits per heavy atom. The van der Waals surface area contributed by atoms with Gasteiger partial charge in [-0.05, 0) is 48.2 Å². The minimum absolute atomic E-state index is 0.371. The van der Waals surface area contributed by atoms with Crippen LogP contribution >= 0.6 is 0 Å². The third kappa shape index (κ3) is 5.15. The lowest BCUT2D eigenvalue weighted by atomic mass is 9.91. The van der Waals surface area contributed by atoms with Crippen molar-refractivity contribution in [2.24, 2.45) is 0 Å². The normalized spacial score (nSPS) is 11.7. The van der Waals surface area contributed by atoms with E-state index in [2.05, 4.69) is 6.92 Å². The van der Waals surface area contributed by atoms with Gasteiger partial charge in [0.05, 0.1) is 26.7 Å². The van der Waals surface area contributed by atoms with Crippen LogP contribution in [-0.2, 0) is 11.2 Å². The molecule has 5 heteroatoms. The van der Waals surface area contributed by atoms with E-state index in [0.29, 0.717) is 30.1 Å². The molecule has 1 atom stereocenters. The van der Waals surface area contributed by atoms with E-state index < -0.39 is 11.9 Å². The molecule has 0 saturated heterocycles. The molecule has 0 radical (unpaired) electrons. The number of carbonyl (C=O) groups is 1. The minimum Gasteiger partial charge on any atom is -0.494 e. The van der Waals surface area contributed by atoms with E-state index in [1.807, 2.05) is 24.3 Å². The largest absolute Gasteiger partial charge is 0.494 e. The molecule has 0 heterocycles. The fourth-order valence-electron chi connectivity index (χ4n) is 2.75. The second kappa shape index (κ2) is 9.70. The number of aliphatic carboxylic acids is 1. The summed E-state index contributed by atoms with van der Waals surface area (Å²) >= 11 is 0. The maximum Gasteiger partial charge on any atom is 0.311 e. The Hall–Kier alpha value is -2.69. The van der Waals surface area contributed by atoms with Crippen LogP contribution in [0, 0.1) is 0 Å². The van der Waals surface area contributed by atoms with Gasteiger partial charge in [-0.3, -0.25) is 4.79 Å². The Balaban J connectivity index is 2.21. The van der Waals surface area contributed by atoms with Gasteiger partial charge in [0.1, 0.15) is 5.75 Å². The zero-order valence-corrected chi connectivity index (χ0v) is 15.5. The fourth-order valence-corrected chi connectivity index (χ4v) is 2.75. The third-order valence-electron chi connectivity index (χ3n) is 4.21. The van der Waals surface area contributed by atoms with Crippen molar-refractivity contribution in [3.8, 4) is 17.2 Å². The predicted octanol–water partition coefficient (Wildman–Crippen LogP) is 4.29. The van der Waals surface area contributed by atoms with E-state index in [9.17, 15) is 9.90 Å². The molecular formula is C21H26O5. The first-order valence-electron chi connectivity index (χ1n) is 8.75. The molecule has 0 bridgehead atoms. The van der Waals surface area contributed by atoms with Gasteiger partial charge < -0.3 is 19.3 Å². The maximum absolute atomic E-state index is 11.9. The molecule has 0 aliphatic rings. The highest BCUT2D eigenvalue weighted by molar-refractivity contribution is 5.77. The smallest absolute Gasteiger partial charge is 0.311 e. The molecule has 5 nitrogen and oxygen atoms in total. The average Bonchev–Trinajstić information content (AvgIpc) is 2.66. The second-order valence-corrected chi connectivity index (χ2v) is 6.06. The number of methoxy groups -OCH3 is 2. The molecule has 1 N–H and O–H groups in total. The second-order valence-electron chi connectivity index (χ2n) is 6.06. The SMILES string of the molecule is CCCCOc1cccc(CC(C(=O)O)c2ccc(OC)c(OC)c2)c1. The van der Waals surface area contributed by atoms with Crippen LogP contribution in [0.5, 0.6) is 17.2 Å². The average molecular weight is 358 g/mol. The molecule has 0 saturated carbocycles. The number of hydrogen-bond donors (Lipinski definition) is 1. The number of carboxylic acid groups (broad SMARTS) is 1.